The first-order chi connectivity index (χ1) is 21.3. The Morgan fingerprint density at radius 3 is 1.95 bits per heavy atom. The van der Waals surface area contributed by atoms with E-state index in [0.717, 1.165) is 45.7 Å². The van der Waals surface area contributed by atoms with Gasteiger partial charge in [0.2, 0.25) is 11.8 Å². The van der Waals surface area contributed by atoms with Gasteiger partial charge in [0.05, 0.1) is 34.8 Å². The molecule has 11 rings (SSSR count). The third-order valence-corrected chi connectivity index (χ3v) is 11.4. The number of carbonyl (C=O) groups excluding carboxylic acids is 4. The molecular weight excluding hydrogens is 574 g/mol. The molecule has 4 bridgehead atoms. The van der Waals surface area contributed by atoms with Crippen molar-refractivity contribution in [1.29, 1.82) is 0 Å². The smallest absolute Gasteiger partial charge is 0.254 e. The van der Waals surface area contributed by atoms with Crippen LogP contribution in [0.1, 0.15) is 46.6 Å². The highest BCUT2D eigenvalue weighted by Crippen LogP contribution is 2.64. The van der Waals surface area contributed by atoms with E-state index in [-0.39, 0.29) is 41.4 Å². The van der Waals surface area contributed by atoms with E-state index in [9.17, 15) is 19.2 Å². The monoisotopic (exact) mass is 601 g/mol. The molecule has 0 radical (unpaired) electrons. The fraction of sp³-hybridized carbons (Fsp3) is 0.306. The molecule has 4 amide bonds. The van der Waals surface area contributed by atoms with Crippen LogP contribution in [0.15, 0.2) is 84.0 Å². The molecule has 0 spiro atoms. The Hall–Kier alpha value is -4.36. The van der Waals surface area contributed by atoms with Crippen molar-refractivity contribution in [1.82, 2.24) is 5.01 Å². The number of benzene rings is 3. The Balaban J connectivity index is 1.25. The summed E-state index contributed by atoms with van der Waals surface area (Å²) < 4.78 is 0. The third-order valence-electron chi connectivity index (χ3n) is 11.2. The third kappa shape index (κ3) is 3.05. The van der Waals surface area contributed by atoms with Crippen LogP contribution in [0.25, 0.3) is 0 Å². The highest BCUT2D eigenvalue weighted by Gasteiger charge is 2.68. The Bertz CT molecular complexity index is 1830. The molecule has 2 heterocycles. The second-order valence-corrected chi connectivity index (χ2v) is 13.5. The van der Waals surface area contributed by atoms with Gasteiger partial charge in [-0.1, -0.05) is 78.4 Å². The lowest BCUT2D eigenvalue weighted by molar-refractivity contribution is -0.140. The fourth-order valence-electron chi connectivity index (χ4n) is 9.43. The number of nitrogens with zero attached hydrogens (tertiary/aromatic N) is 3. The number of rotatable bonds is 3. The molecule has 6 atom stereocenters. The number of hydrogen-bond acceptors (Lipinski definition) is 5. The van der Waals surface area contributed by atoms with Crippen LogP contribution in [0.5, 0.6) is 0 Å². The van der Waals surface area contributed by atoms with E-state index >= 15 is 0 Å². The van der Waals surface area contributed by atoms with Crippen molar-refractivity contribution < 1.29 is 19.2 Å². The second kappa shape index (κ2) is 8.85. The van der Waals surface area contributed by atoms with E-state index in [1.54, 1.807) is 18.3 Å². The summed E-state index contributed by atoms with van der Waals surface area (Å²) in [6, 6.07) is 21.0. The minimum Gasteiger partial charge on any atom is -0.274 e. The van der Waals surface area contributed by atoms with Crippen LogP contribution >= 0.6 is 11.6 Å². The van der Waals surface area contributed by atoms with Crippen LogP contribution in [0.4, 0.5) is 5.69 Å². The molecule has 0 unspecified atom stereocenters. The lowest BCUT2D eigenvalue weighted by Crippen LogP contribution is -2.55. The summed E-state index contributed by atoms with van der Waals surface area (Å²) >= 11 is 6.37. The van der Waals surface area contributed by atoms with E-state index in [2.05, 4.69) is 12.2 Å². The van der Waals surface area contributed by atoms with Crippen LogP contribution in [0.3, 0.4) is 0 Å². The Labute approximate surface area is 259 Å². The standard InChI is InChI=1S/C36H28ClN3O4/c1-18-10-15-21(37)16-26(18)39-32(41)30-29-22-6-2-4-8-24(22)36(31(30)35(39)44,25-9-5-3-7-23(25)29)17-38-40-33(42)27-19-11-12-20(14-13-19)28(27)34(40)43/h2-12,15-17,19-20,27-31H,13-14H2,1H3/b38-17-/t19-,20-,27+,28+,29?,30+,31+,36?/m0/s1. The van der Waals surface area contributed by atoms with Gasteiger partial charge in [-0.25, -0.2) is 4.90 Å². The summed E-state index contributed by atoms with van der Waals surface area (Å²) in [7, 11) is 0. The Morgan fingerprint density at radius 2 is 1.36 bits per heavy atom. The van der Waals surface area contributed by atoms with Crippen LogP contribution in [0.2, 0.25) is 5.02 Å². The lowest BCUT2D eigenvalue weighted by Gasteiger charge is -2.52. The van der Waals surface area contributed by atoms with Gasteiger partial charge >= 0.3 is 0 Å². The molecule has 8 heteroatoms. The molecule has 2 saturated heterocycles. The number of allylic oxidation sites excluding steroid dienone is 2. The quantitative estimate of drug-likeness (QED) is 0.229. The number of imide groups is 2. The topological polar surface area (TPSA) is 87.1 Å². The number of carbonyl (C=O) groups is 4. The van der Waals surface area contributed by atoms with Gasteiger partial charge in [-0.2, -0.15) is 10.1 Å². The summed E-state index contributed by atoms with van der Waals surface area (Å²) in [5, 5.41) is 6.22. The Morgan fingerprint density at radius 1 is 0.773 bits per heavy atom. The molecule has 2 aliphatic heterocycles. The maximum atomic E-state index is 14.7. The number of hydrazone groups is 1. The number of amides is 4. The second-order valence-electron chi connectivity index (χ2n) is 13.0. The number of halogens is 1. The summed E-state index contributed by atoms with van der Waals surface area (Å²) in [6.07, 6.45) is 7.59. The van der Waals surface area contributed by atoms with Gasteiger partial charge in [0.15, 0.2) is 0 Å². The van der Waals surface area contributed by atoms with Crippen molar-refractivity contribution in [2.24, 2.45) is 40.6 Å². The van der Waals surface area contributed by atoms with Gasteiger partial charge in [0, 0.05) is 17.2 Å². The highest BCUT2D eigenvalue weighted by molar-refractivity contribution is 6.32. The minimum absolute atomic E-state index is 0.0410. The summed E-state index contributed by atoms with van der Waals surface area (Å²) in [5.41, 5.74) is 3.72. The van der Waals surface area contributed by atoms with Crippen molar-refractivity contribution in [3.63, 3.8) is 0 Å². The molecule has 8 aliphatic rings. The number of hydrogen-bond donors (Lipinski definition) is 0. The highest BCUT2D eigenvalue weighted by atomic mass is 35.5. The van der Waals surface area contributed by atoms with Gasteiger partial charge < -0.3 is 0 Å². The zero-order valence-corrected chi connectivity index (χ0v) is 24.6. The van der Waals surface area contributed by atoms with Crippen molar-refractivity contribution in [2.45, 2.75) is 31.1 Å². The molecular formula is C36H28ClN3O4. The predicted octanol–water partition coefficient (Wildman–Crippen LogP) is 5.38. The van der Waals surface area contributed by atoms with E-state index in [1.165, 1.54) is 4.90 Å². The summed E-state index contributed by atoms with van der Waals surface area (Å²) in [6.45, 7) is 1.86. The predicted molar refractivity (Wildman–Crippen MR) is 164 cm³/mol. The zero-order chi connectivity index (χ0) is 30.1. The van der Waals surface area contributed by atoms with Crippen molar-refractivity contribution in [3.05, 3.63) is 112 Å². The van der Waals surface area contributed by atoms with Crippen molar-refractivity contribution in [2.75, 3.05) is 4.90 Å². The molecule has 6 aliphatic carbocycles. The van der Waals surface area contributed by atoms with Crippen LogP contribution in [-0.2, 0) is 24.6 Å². The van der Waals surface area contributed by atoms with Crippen molar-refractivity contribution >= 4 is 47.1 Å². The largest absolute Gasteiger partial charge is 0.274 e. The van der Waals surface area contributed by atoms with Crippen LogP contribution < -0.4 is 4.90 Å². The molecule has 0 N–H and O–H groups in total. The van der Waals surface area contributed by atoms with Crippen LogP contribution in [0, 0.1) is 42.4 Å². The SMILES string of the molecule is Cc1ccc(Cl)cc1N1C(=O)[C@@H]2C3c4ccccc4C(/C=N\N4C(=O)[C@H]5[C@H](C4=O)[C@H]4C=C[C@H]5CC4)(c4ccccc43)[C@H]2C1=O. The maximum absolute atomic E-state index is 14.7. The van der Waals surface area contributed by atoms with Gasteiger partial charge in [0.25, 0.3) is 11.8 Å². The zero-order valence-electron chi connectivity index (χ0n) is 23.9. The van der Waals surface area contributed by atoms with Crippen LogP contribution in [-0.4, -0.2) is 34.9 Å². The molecule has 1 saturated carbocycles. The molecule has 218 valence electrons. The minimum atomic E-state index is -1.17. The number of aryl methyl sites for hydroxylation is 1. The van der Waals surface area contributed by atoms with Gasteiger partial charge in [-0.3, -0.25) is 19.2 Å². The summed E-state index contributed by atoms with van der Waals surface area (Å²) in [5.74, 6) is -3.72. The normalized spacial score (nSPS) is 34.2. The molecule has 3 fully saturated rings. The Kier molecular flexibility index (Phi) is 5.25. The molecule has 44 heavy (non-hydrogen) atoms. The number of anilines is 1. The number of fused-ring (bicyclic) bond motifs is 1. The maximum Gasteiger partial charge on any atom is 0.254 e. The van der Waals surface area contributed by atoms with Gasteiger partial charge in [-0.15, -0.1) is 0 Å². The molecule has 0 aromatic heterocycles. The summed E-state index contributed by atoms with van der Waals surface area (Å²) in [4.78, 5) is 58.0. The van der Waals surface area contributed by atoms with E-state index < -0.39 is 29.1 Å². The van der Waals surface area contributed by atoms with Crippen molar-refractivity contribution in [3.8, 4) is 0 Å². The molecule has 3 aromatic rings. The van der Waals surface area contributed by atoms with Gasteiger partial charge in [0.1, 0.15) is 0 Å². The first-order valence-electron chi connectivity index (χ1n) is 15.3. The van der Waals surface area contributed by atoms with E-state index in [4.69, 9.17) is 16.7 Å². The lowest BCUT2D eigenvalue weighted by atomic mass is 9.47. The van der Waals surface area contributed by atoms with Gasteiger partial charge in [-0.05, 0) is 71.6 Å². The first-order valence-corrected chi connectivity index (χ1v) is 15.6. The van der Waals surface area contributed by atoms with E-state index in [0.29, 0.717) is 10.7 Å². The first kappa shape index (κ1) is 26.1. The average molecular weight is 602 g/mol. The molecule has 3 aromatic carbocycles. The molecule has 7 nitrogen and oxygen atoms in total. The van der Waals surface area contributed by atoms with E-state index in [1.807, 2.05) is 61.5 Å². The average Bonchev–Trinajstić information content (AvgIpc) is 3.48. The fourth-order valence-corrected chi connectivity index (χ4v) is 9.60.